The summed E-state index contributed by atoms with van der Waals surface area (Å²) in [6.07, 6.45) is 0. The van der Waals surface area contributed by atoms with Crippen LogP contribution in [0.1, 0.15) is 40.4 Å². The van der Waals surface area contributed by atoms with Gasteiger partial charge in [0, 0.05) is 23.2 Å². The Balaban J connectivity index is 2.71. The van der Waals surface area contributed by atoms with Gasteiger partial charge in [0.1, 0.15) is 5.69 Å². The first-order valence-electron chi connectivity index (χ1n) is 7.10. The average molecular weight is 321 g/mol. The second kappa shape index (κ2) is 6.79. The van der Waals surface area contributed by atoms with Crippen LogP contribution in [0.5, 0.6) is 0 Å². The molecule has 2 heterocycles. The van der Waals surface area contributed by atoms with Gasteiger partial charge in [-0.15, -0.1) is 11.3 Å². The van der Waals surface area contributed by atoms with Crippen molar-refractivity contribution in [3.8, 4) is 10.4 Å². The zero-order valence-corrected chi connectivity index (χ0v) is 14.0. The van der Waals surface area contributed by atoms with Crippen LogP contribution in [0.3, 0.4) is 0 Å². The molecule has 0 aliphatic heterocycles. The highest BCUT2D eigenvalue weighted by molar-refractivity contribution is 7.13. The summed E-state index contributed by atoms with van der Waals surface area (Å²) in [5, 5.41) is 1.90. The number of hydrogen-bond donors (Lipinski definition) is 0. The molecule has 0 unspecified atom stereocenters. The van der Waals surface area contributed by atoms with E-state index in [0.29, 0.717) is 22.5 Å². The number of nitrogens with zero attached hydrogens (tertiary/aromatic N) is 1. The topological polar surface area (TPSA) is 57.5 Å². The van der Waals surface area contributed by atoms with Gasteiger partial charge in [-0.25, -0.2) is 9.59 Å². The molecule has 0 spiro atoms. The van der Waals surface area contributed by atoms with Gasteiger partial charge in [-0.05, 0) is 32.2 Å². The zero-order chi connectivity index (χ0) is 16.3. The van der Waals surface area contributed by atoms with Crippen molar-refractivity contribution in [2.24, 2.45) is 7.05 Å². The first-order valence-corrected chi connectivity index (χ1v) is 7.98. The van der Waals surface area contributed by atoms with Crippen LogP contribution < -0.4 is 0 Å². The molecule has 6 heteroatoms. The van der Waals surface area contributed by atoms with Crippen LogP contribution in [0, 0.1) is 6.92 Å². The number of aromatic nitrogens is 1. The summed E-state index contributed by atoms with van der Waals surface area (Å²) in [7, 11) is 1.75. The molecule has 0 saturated carbocycles. The van der Waals surface area contributed by atoms with Gasteiger partial charge in [0.05, 0.1) is 18.8 Å². The lowest BCUT2D eigenvalue weighted by atomic mass is 10.1. The SMILES string of the molecule is CCOC(=O)c1c(-c2cccs2)c(C(=O)OCC)n(C)c1C. The van der Waals surface area contributed by atoms with Gasteiger partial charge in [-0.3, -0.25) is 0 Å². The van der Waals surface area contributed by atoms with Crippen molar-refractivity contribution in [3.05, 3.63) is 34.5 Å². The third-order valence-corrected chi connectivity index (χ3v) is 4.29. The second-order valence-electron chi connectivity index (χ2n) is 4.66. The van der Waals surface area contributed by atoms with Crippen LogP contribution in [0.2, 0.25) is 0 Å². The highest BCUT2D eigenvalue weighted by Crippen LogP contribution is 2.36. The van der Waals surface area contributed by atoms with Crippen LogP contribution in [0.25, 0.3) is 10.4 Å². The van der Waals surface area contributed by atoms with E-state index in [2.05, 4.69) is 0 Å². The molecule has 0 N–H and O–H groups in total. The Morgan fingerprint density at radius 3 is 2.36 bits per heavy atom. The van der Waals surface area contributed by atoms with Crippen molar-refractivity contribution in [1.29, 1.82) is 0 Å². The van der Waals surface area contributed by atoms with Crippen molar-refractivity contribution in [3.63, 3.8) is 0 Å². The minimum absolute atomic E-state index is 0.279. The minimum atomic E-state index is -0.438. The molecule has 2 rings (SSSR count). The second-order valence-corrected chi connectivity index (χ2v) is 5.61. The normalized spacial score (nSPS) is 10.5. The maximum Gasteiger partial charge on any atom is 0.355 e. The van der Waals surface area contributed by atoms with Crippen molar-refractivity contribution < 1.29 is 19.1 Å². The van der Waals surface area contributed by atoms with Gasteiger partial charge >= 0.3 is 11.9 Å². The smallest absolute Gasteiger partial charge is 0.355 e. The maximum atomic E-state index is 12.3. The number of carbonyl (C=O) groups excluding carboxylic acids is 2. The molecule has 0 aliphatic carbocycles. The molecule has 0 saturated heterocycles. The zero-order valence-electron chi connectivity index (χ0n) is 13.1. The van der Waals surface area contributed by atoms with Crippen LogP contribution in [0.15, 0.2) is 17.5 Å². The average Bonchev–Trinajstić information content (AvgIpc) is 3.07. The minimum Gasteiger partial charge on any atom is -0.462 e. The molecule has 5 nitrogen and oxygen atoms in total. The summed E-state index contributed by atoms with van der Waals surface area (Å²) < 4.78 is 12.0. The lowest BCUT2D eigenvalue weighted by Crippen LogP contribution is -2.11. The number of rotatable bonds is 5. The van der Waals surface area contributed by atoms with Crippen LogP contribution >= 0.6 is 11.3 Å². The van der Waals surface area contributed by atoms with E-state index in [1.807, 2.05) is 17.5 Å². The monoisotopic (exact) mass is 321 g/mol. The standard InChI is InChI=1S/C16H19NO4S/c1-5-20-15(18)12-10(3)17(4)14(16(19)21-6-2)13(12)11-8-7-9-22-11/h7-9H,5-6H2,1-4H3. The summed E-state index contributed by atoms with van der Waals surface area (Å²) in [5.41, 5.74) is 2.08. The quantitative estimate of drug-likeness (QED) is 0.792. The predicted molar refractivity (Wildman–Crippen MR) is 85.4 cm³/mol. The van der Waals surface area contributed by atoms with Crippen molar-refractivity contribution in [2.75, 3.05) is 13.2 Å². The Bertz CT molecular complexity index is 644. The molecule has 0 atom stereocenters. The maximum absolute atomic E-state index is 12.3. The van der Waals surface area contributed by atoms with E-state index in [4.69, 9.17) is 9.47 Å². The van der Waals surface area contributed by atoms with Crippen LogP contribution in [-0.2, 0) is 16.5 Å². The first-order chi connectivity index (χ1) is 10.5. The number of carbonyl (C=O) groups is 2. The molecular weight excluding hydrogens is 302 g/mol. The third-order valence-electron chi connectivity index (χ3n) is 3.40. The van der Waals surface area contributed by atoms with Crippen molar-refractivity contribution in [1.82, 2.24) is 4.57 Å². The van der Waals surface area contributed by atoms with Gasteiger partial charge in [-0.1, -0.05) is 6.07 Å². The largest absolute Gasteiger partial charge is 0.462 e. The van der Waals surface area contributed by atoms with E-state index in [1.165, 1.54) is 11.3 Å². The fraction of sp³-hybridized carbons (Fsp3) is 0.375. The molecule has 0 amide bonds. The highest BCUT2D eigenvalue weighted by atomic mass is 32.1. The summed E-state index contributed by atoms with van der Waals surface area (Å²) in [6.45, 7) is 5.87. The van der Waals surface area contributed by atoms with E-state index >= 15 is 0 Å². The van der Waals surface area contributed by atoms with Gasteiger partial charge in [-0.2, -0.15) is 0 Å². The molecule has 22 heavy (non-hydrogen) atoms. The molecule has 0 radical (unpaired) electrons. The lowest BCUT2D eigenvalue weighted by molar-refractivity contribution is 0.0513. The number of esters is 2. The van der Waals surface area contributed by atoms with E-state index in [-0.39, 0.29) is 13.2 Å². The van der Waals surface area contributed by atoms with Gasteiger partial charge in [0.15, 0.2) is 0 Å². The van der Waals surface area contributed by atoms with E-state index < -0.39 is 11.9 Å². The first kappa shape index (κ1) is 16.3. The van der Waals surface area contributed by atoms with Crippen LogP contribution in [0.4, 0.5) is 0 Å². The van der Waals surface area contributed by atoms with Crippen LogP contribution in [-0.4, -0.2) is 29.7 Å². The summed E-state index contributed by atoms with van der Waals surface area (Å²) in [5.74, 6) is -0.860. The summed E-state index contributed by atoms with van der Waals surface area (Å²) >= 11 is 1.47. The third kappa shape index (κ3) is 2.78. The summed E-state index contributed by atoms with van der Waals surface area (Å²) in [6, 6.07) is 3.76. The Morgan fingerprint density at radius 2 is 1.82 bits per heavy atom. The molecule has 2 aromatic rings. The Hall–Kier alpha value is -2.08. The fourth-order valence-corrected chi connectivity index (χ4v) is 3.13. The van der Waals surface area contributed by atoms with Crippen molar-refractivity contribution in [2.45, 2.75) is 20.8 Å². The Kier molecular flexibility index (Phi) is 5.03. The Morgan fingerprint density at radius 1 is 1.18 bits per heavy atom. The van der Waals surface area contributed by atoms with Gasteiger partial charge in [0.2, 0.25) is 0 Å². The summed E-state index contributed by atoms with van der Waals surface area (Å²) in [4.78, 5) is 25.5. The van der Waals surface area contributed by atoms with Crippen molar-refractivity contribution >= 4 is 23.3 Å². The van der Waals surface area contributed by atoms with E-state index in [1.54, 1.807) is 32.4 Å². The highest BCUT2D eigenvalue weighted by Gasteiger charge is 2.30. The number of thiophene rings is 1. The predicted octanol–water partition coefficient (Wildman–Crippen LogP) is 3.42. The molecule has 118 valence electrons. The fourth-order valence-electron chi connectivity index (χ4n) is 2.35. The molecular formula is C16H19NO4S. The van der Waals surface area contributed by atoms with Gasteiger partial charge in [0.25, 0.3) is 0 Å². The molecule has 0 fully saturated rings. The number of hydrogen-bond acceptors (Lipinski definition) is 5. The molecule has 0 aromatic carbocycles. The number of ether oxygens (including phenoxy) is 2. The van der Waals surface area contributed by atoms with E-state index in [9.17, 15) is 9.59 Å². The molecule has 0 bridgehead atoms. The lowest BCUT2D eigenvalue weighted by Gasteiger charge is -2.07. The Labute approximate surface area is 133 Å². The van der Waals surface area contributed by atoms with E-state index in [0.717, 1.165) is 4.88 Å². The van der Waals surface area contributed by atoms with Gasteiger partial charge < -0.3 is 14.0 Å². The molecule has 2 aromatic heterocycles. The molecule has 0 aliphatic rings.